The monoisotopic (exact) mass is 437 g/mol. The molecule has 0 fully saturated rings. The average Bonchev–Trinajstić information content (AvgIpc) is 2.67. The molecule has 5 nitrogen and oxygen atoms in total. The number of nitrogens with zero attached hydrogens (tertiary/aromatic N) is 1. The van der Waals surface area contributed by atoms with E-state index < -0.39 is 28.9 Å². The third kappa shape index (κ3) is 4.06. The second-order valence-corrected chi connectivity index (χ2v) is 6.67. The number of hydrogen-bond acceptors (Lipinski definition) is 4. The van der Waals surface area contributed by atoms with Gasteiger partial charge in [-0.1, -0.05) is 23.2 Å². The van der Waals surface area contributed by atoms with Gasteiger partial charge in [0.25, 0.3) is 5.56 Å². The summed E-state index contributed by atoms with van der Waals surface area (Å²) in [5.74, 6) is -3.31. The minimum Gasteiger partial charge on any atom is -0.465 e. The Bertz CT molecular complexity index is 1180. The zero-order valence-electron chi connectivity index (χ0n) is 14.7. The van der Waals surface area contributed by atoms with E-state index in [0.29, 0.717) is 6.07 Å². The smallest absolute Gasteiger partial charge is 0.337 e. The molecule has 0 saturated heterocycles. The van der Waals surface area contributed by atoms with E-state index in [4.69, 9.17) is 23.2 Å². The van der Waals surface area contributed by atoms with Crippen LogP contribution in [0.3, 0.4) is 0 Å². The predicted molar refractivity (Wildman–Crippen MR) is 103 cm³/mol. The van der Waals surface area contributed by atoms with Gasteiger partial charge in [0, 0.05) is 23.9 Å². The van der Waals surface area contributed by atoms with Crippen molar-refractivity contribution in [3.8, 4) is 5.69 Å². The van der Waals surface area contributed by atoms with Gasteiger partial charge in [-0.2, -0.15) is 0 Å². The summed E-state index contributed by atoms with van der Waals surface area (Å²) in [5.41, 5.74) is -0.898. The van der Waals surface area contributed by atoms with Crippen molar-refractivity contribution in [2.45, 2.75) is 0 Å². The van der Waals surface area contributed by atoms with Crippen molar-refractivity contribution < 1.29 is 23.1 Å². The Balaban J connectivity index is 2.12. The van der Waals surface area contributed by atoms with Gasteiger partial charge in [0.15, 0.2) is 5.78 Å². The number of halogens is 4. The maximum absolute atomic E-state index is 14.0. The van der Waals surface area contributed by atoms with E-state index in [9.17, 15) is 23.2 Å². The first kappa shape index (κ1) is 20.7. The zero-order chi connectivity index (χ0) is 21.3. The van der Waals surface area contributed by atoms with Crippen LogP contribution in [-0.4, -0.2) is 23.4 Å². The number of carbonyl (C=O) groups is 2. The van der Waals surface area contributed by atoms with Crippen molar-refractivity contribution in [2.24, 2.45) is 0 Å². The second-order valence-electron chi connectivity index (χ2n) is 5.86. The quantitative estimate of drug-likeness (QED) is 0.447. The van der Waals surface area contributed by atoms with Crippen molar-refractivity contribution in [3.63, 3.8) is 0 Å². The number of rotatable bonds is 4. The van der Waals surface area contributed by atoms with Gasteiger partial charge in [0.1, 0.15) is 11.6 Å². The molecule has 0 unspecified atom stereocenters. The summed E-state index contributed by atoms with van der Waals surface area (Å²) >= 11 is 12.4. The summed E-state index contributed by atoms with van der Waals surface area (Å²) in [6, 6.07) is 7.34. The molecule has 0 aliphatic carbocycles. The molecule has 2 aromatic carbocycles. The summed E-state index contributed by atoms with van der Waals surface area (Å²) in [6.07, 6.45) is 1.14. The SMILES string of the molecule is COC(=O)c1cc(Cl)c(-n2cc(C(=O)c3ccc(F)cc3F)ccc2=O)c(Cl)c1. The molecular weight excluding hydrogens is 427 g/mol. The van der Waals surface area contributed by atoms with Crippen LogP contribution in [0.1, 0.15) is 26.3 Å². The Labute approximate surface area is 173 Å². The van der Waals surface area contributed by atoms with Gasteiger partial charge in [-0.05, 0) is 30.3 Å². The molecule has 0 amide bonds. The fourth-order valence-corrected chi connectivity index (χ4v) is 3.33. The molecule has 0 bridgehead atoms. The van der Waals surface area contributed by atoms with E-state index in [1.165, 1.54) is 25.3 Å². The van der Waals surface area contributed by atoms with E-state index in [1.54, 1.807) is 0 Å². The maximum Gasteiger partial charge on any atom is 0.337 e. The number of carbonyl (C=O) groups excluding carboxylic acids is 2. The lowest BCUT2D eigenvalue weighted by Gasteiger charge is -2.13. The van der Waals surface area contributed by atoms with Crippen molar-refractivity contribution >= 4 is 35.0 Å². The van der Waals surface area contributed by atoms with Gasteiger partial charge < -0.3 is 4.74 Å². The normalized spacial score (nSPS) is 10.7. The minimum atomic E-state index is -1.04. The summed E-state index contributed by atoms with van der Waals surface area (Å²) in [4.78, 5) is 36.6. The molecule has 0 radical (unpaired) electrons. The van der Waals surface area contributed by atoms with Crippen LogP contribution in [0.2, 0.25) is 10.0 Å². The highest BCUT2D eigenvalue weighted by Crippen LogP contribution is 2.30. The molecular formula is C20H11Cl2F2NO4. The number of benzene rings is 2. The third-order valence-corrected chi connectivity index (χ3v) is 4.60. The van der Waals surface area contributed by atoms with Crippen LogP contribution in [0, 0.1) is 11.6 Å². The summed E-state index contributed by atoms with van der Waals surface area (Å²) in [5, 5.41) is -0.0878. The van der Waals surface area contributed by atoms with Crippen molar-refractivity contribution in [3.05, 3.63) is 97.4 Å². The molecule has 3 rings (SSSR count). The molecule has 0 saturated carbocycles. The van der Waals surface area contributed by atoms with E-state index in [1.807, 2.05) is 0 Å². The molecule has 0 atom stereocenters. The first-order valence-corrected chi connectivity index (χ1v) is 8.78. The number of esters is 1. The molecule has 0 spiro atoms. The summed E-state index contributed by atoms with van der Waals surface area (Å²) in [7, 11) is 1.19. The predicted octanol–water partition coefficient (Wildman–Crippen LogP) is 4.44. The standard InChI is InChI=1S/C20H11Cl2F2NO4/c1-29-20(28)11-6-14(21)18(15(22)7-11)25-9-10(2-5-17(25)26)19(27)13-4-3-12(23)8-16(13)24/h2-9H,1H3. The van der Waals surface area contributed by atoms with E-state index in [2.05, 4.69) is 4.74 Å². The molecule has 0 N–H and O–H groups in total. The fourth-order valence-electron chi connectivity index (χ4n) is 2.66. The number of hydrogen-bond donors (Lipinski definition) is 0. The van der Waals surface area contributed by atoms with Crippen molar-refractivity contribution in [1.82, 2.24) is 4.57 Å². The Morgan fingerprint density at radius 3 is 2.21 bits per heavy atom. The van der Waals surface area contributed by atoms with Gasteiger partial charge in [0.2, 0.25) is 0 Å². The lowest BCUT2D eigenvalue weighted by Crippen LogP contribution is -2.20. The van der Waals surface area contributed by atoms with E-state index >= 15 is 0 Å². The van der Waals surface area contributed by atoms with Gasteiger partial charge in [-0.3, -0.25) is 14.2 Å². The molecule has 0 aliphatic heterocycles. The van der Waals surface area contributed by atoms with Crippen molar-refractivity contribution in [1.29, 1.82) is 0 Å². The molecule has 29 heavy (non-hydrogen) atoms. The lowest BCUT2D eigenvalue weighted by molar-refractivity contribution is 0.0600. The summed E-state index contributed by atoms with van der Waals surface area (Å²) < 4.78 is 32.7. The number of methoxy groups -OCH3 is 1. The van der Waals surface area contributed by atoms with Crippen LogP contribution in [0.15, 0.2) is 53.5 Å². The third-order valence-electron chi connectivity index (χ3n) is 4.03. The van der Waals surface area contributed by atoms with Gasteiger partial charge in [-0.15, -0.1) is 0 Å². The van der Waals surface area contributed by atoms with Crippen LogP contribution >= 0.6 is 23.2 Å². The Morgan fingerprint density at radius 2 is 1.62 bits per heavy atom. The van der Waals surface area contributed by atoms with E-state index in [-0.39, 0.29) is 32.4 Å². The molecule has 3 aromatic rings. The molecule has 148 valence electrons. The number of aromatic nitrogens is 1. The first-order chi connectivity index (χ1) is 13.7. The van der Waals surface area contributed by atoms with Gasteiger partial charge in [-0.25, -0.2) is 13.6 Å². The summed E-state index contributed by atoms with van der Waals surface area (Å²) in [6.45, 7) is 0. The zero-order valence-corrected chi connectivity index (χ0v) is 16.2. The van der Waals surface area contributed by atoms with E-state index in [0.717, 1.165) is 29.0 Å². The molecule has 9 heteroatoms. The Hall–Kier alpha value is -3.03. The highest BCUT2D eigenvalue weighted by molar-refractivity contribution is 6.38. The van der Waals surface area contributed by atoms with Crippen LogP contribution < -0.4 is 5.56 Å². The molecule has 0 aliphatic rings. The lowest BCUT2D eigenvalue weighted by atomic mass is 10.0. The van der Waals surface area contributed by atoms with Crippen LogP contribution in [0.25, 0.3) is 5.69 Å². The van der Waals surface area contributed by atoms with Crippen molar-refractivity contribution in [2.75, 3.05) is 7.11 Å². The number of ether oxygens (including phenoxy) is 1. The first-order valence-electron chi connectivity index (χ1n) is 8.03. The van der Waals surface area contributed by atoms with Crippen LogP contribution in [0.5, 0.6) is 0 Å². The molecule has 1 heterocycles. The topological polar surface area (TPSA) is 65.4 Å². The molecule has 1 aromatic heterocycles. The van der Waals surface area contributed by atoms with Crippen LogP contribution in [-0.2, 0) is 4.74 Å². The number of pyridine rings is 1. The Kier molecular flexibility index (Phi) is 5.81. The minimum absolute atomic E-state index is 0.0280. The van der Waals surface area contributed by atoms with Crippen LogP contribution in [0.4, 0.5) is 8.78 Å². The Morgan fingerprint density at radius 1 is 0.966 bits per heavy atom. The number of ketones is 1. The fraction of sp³-hybridized carbons (Fsp3) is 0.0500. The second kappa shape index (κ2) is 8.14. The maximum atomic E-state index is 14.0. The van der Waals surface area contributed by atoms with Gasteiger partial charge >= 0.3 is 5.97 Å². The highest BCUT2D eigenvalue weighted by Gasteiger charge is 2.19. The largest absolute Gasteiger partial charge is 0.465 e. The highest BCUT2D eigenvalue weighted by atomic mass is 35.5. The average molecular weight is 438 g/mol. The van der Waals surface area contributed by atoms with Gasteiger partial charge in [0.05, 0.1) is 34.0 Å².